The summed E-state index contributed by atoms with van der Waals surface area (Å²) in [6.07, 6.45) is 0. The molecule has 2 aromatic rings. The molecular weight excluding hydrogens is 294 g/mol. The Bertz CT molecular complexity index is 616. The highest BCUT2D eigenvalue weighted by atomic mass is 35.5. The first-order valence-corrected chi connectivity index (χ1v) is 6.11. The number of hydrogen-bond acceptors (Lipinski definition) is 1. The molecule has 20 heavy (non-hydrogen) atoms. The molecule has 0 aromatic heterocycles. The summed E-state index contributed by atoms with van der Waals surface area (Å²) in [5, 5.41) is 0.111. The van der Waals surface area contributed by atoms with Crippen LogP contribution in [0.2, 0.25) is 5.02 Å². The highest BCUT2D eigenvalue weighted by molar-refractivity contribution is 6.74. The molecule has 0 bridgehead atoms. The van der Waals surface area contributed by atoms with Gasteiger partial charge in [0, 0.05) is 5.56 Å². The molecule has 1 nitrogen and oxygen atoms in total. The van der Waals surface area contributed by atoms with Crippen LogP contribution in [0.5, 0.6) is 5.75 Å². The minimum Gasteiger partial charge on any atom is -0.492 e. The van der Waals surface area contributed by atoms with Crippen molar-refractivity contribution in [2.45, 2.75) is 6.61 Å². The second-order valence-corrected chi connectivity index (χ2v) is 4.54. The lowest BCUT2D eigenvalue weighted by molar-refractivity contribution is 0.307. The van der Waals surface area contributed by atoms with Crippen LogP contribution in [0.3, 0.4) is 0 Å². The van der Waals surface area contributed by atoms with Gasteiger partial charge in [0.1, 0.15) is 12.4 Å². The fourth-order valence-corrected chi connectivity index (χ4v) is 1.90. The van der Waals surface area contributed by atoms with Crippen LogP contribution >= 0.6 is 11.6 Å². The second-order valence-electron chi connectivity index (χ2n) is 4.14. The molecule has 0 unspecified atom stereocenters. The standard InChI is InChI=1S/C13H9BClF4O/c15-12-7-10(16)6-5-9(12)8-20-13-4-2-1-3-11(13)14(17,18)19/h1-7H,8H2/q-1. The van der Waals surface area contributed by atoms with E-state index >= 15 is 0 Å². The minimum atomic E-state index is -5.15. The monoisotopic (exact) mass is 303 g/mol. The quantitative estimate of drug-likeness (QED) is 0.610. The van der Waals surface area contributed by atoms with Gasteiger partial charge in [0.2, 0.25) is 0 Å². The van der Waals surface area contributed by atoms with E-state index in [1.54, 1.807) is 0 Å². The van der Waals surface area contributed by atoms with Gasteiger partial charge in [-0.05, 0) is 18.2 Å². The van der Waals surface area contributed by atoms with Crippen molar-refractivity contribution in [3.63, 3.8) is 0 Å². The molecule has 0 aliphatic rings. The first-order valence-electron chi connectivity index (χ1n) is 5.73. The van der Waals surface area contributed by atoms with Gasteiger partial charge in [-0.3, -0.25) is 0 Å². The molecule has 0 aliphatic carbocycles. The van der Waals surface area contributed by atoms with Crippen molar-refractivity contribution in [1.29, 1.82) is 0 Å². The Kier molecular flexibility index (Phi) is 4.23. The van der Waals surface area contributed by atoms with Crippen molar-refractivity contribution in [1.82, 2.24) is 0 Å². The van der Waals surface area contributed by atoms with E-state index in [1.165, 1.54) is 30.3 Å². The summed E-state index contributed by atoms with van der Waals surface area (Å²) in [7, 11) is 0. The van der Waals surface area contributed by atoms with Crippen molar-refractivity contribution in [3.05, 3.63) is 58.9 Å². The zero-order chi connectivity index (χ0) is 14.8. The predicted octanol–water partition coefficient (Wildman–Crippen LogP) is 4.11. The molecule has 0 radical (unpaired) electrons. The molecular formula is C13H9BClF4O-. The Morgan fingerprint density at radius 1 is 1.05 bits per heavy atom. The maximum Gasteiger partial charge on any atom is 0.513 e. The Balaban J connectivity index is 2.19. The Morgan fingerprint density at radius 3 is 2.40 bits per heavy atom. The summed E-state index contributed by atoms with van der Waals surface area (Å²) in [5.74, 6) is -0.779. The van der Waals surface area contributed by atoms with Crippen LogP contribution in [-0.2, 0) is 6.61 Å². The third-order valence-corrected chi connectivity index (χ3v) is 3.02. The fourth-order valence-electron chi connectivity index (χ4n) is 1.68. The van der Waals surface area contributed by atoms with E-state index in [1.807, 2.05) is 0 Å². The largest absolute Gasteiger partial charge is 0.513 e. The Morgan fingerprint density at radius 2 is 1.75 bits per heavy atom. The summed E-state index contributed by atoms with van der Waals surface area (Å²) < 4.78 is 56.5. The molecule has 0 amide bonds. The molecule has 2 rings (SSSR count). The van der Waals surface area contributed by atoms with Crippen LogP contribution in [0.25, 0.3) is 0 Å². The van der Waals surface area contributed by atoms with E-state index in [4.69, 9.17) is 16.3 Å². The van der Waals surface area contributed by atoms with Crippen LogP contribution in [0.15, 0.2) is 42.5 Å². The van der Waals surface area contributed by atoms with Crippen molar-refractivity contribution >= 4 is 24.0 Å². The van der Waals surface area contributed by atoms with E-state index in [0.717, 1.165) is 12.1 Å². The molecule has 0 saturated carbocycles. The summed E-state index contributed by atoms with van der Waals surface area (Å²) in [4.78, 5) is 0. The highest BCUT2D eigenvalue weighted by Gasteiger charge is 2.28. The molecule has 0 aliphatic heterocycles. The SMILES string of the molecule is Fc1ccc(COc2ccccc2[B-](F)(F)F)c(Cl)c1. The van der Waals surface area contributed by atoms with Gasteiger partial charge in [0.15, 0.2) is 0 Å². The summed E-state index contributed by atoms with van der Waals surface area (Å²) in [5.41, 5.74) is -0.386. The van der Waals surface area contributed by atoms with Crippen molar-refractivity contribution in [2.24, 2.45) is 0 Å². The van der Waals surface area contributed by atoms with Crippen molar-refractivity contribution < 1.29 is 22.1 Å². The summed E-state index contributed by atoms with van der Waals surface area (Å²) in [6.45, 7) is -5.32. The Labute approximate surface area is 118 Å². The van der Waals surface area contributed by atoms with Gasteiger partial charge in [-0.15, -0.1) is 0 Å². The molecule has 0 spiro atoms. The van der Waals surface area contributed by atoms with Gasteiger partial charge < -0.3 is 17.7 Å². The van der Waals surface area contributed by atoms with E-state index in [-0.39, 0.29) is 17.4 Å². The zero-order valence-electron chi connectivity index (χ0n) is 10.1. The van der Waals surface area contributed by atoms with Crippen LogP contribution in [0.4, 0.5) is 17.3 Å². The summed E-state index contributed by atoms with van der Waals surface area (Å²) in [6, 6.07) is 8.57. The molecule has 0 saturated heterocycles. The van der Waals surface area contributed by atoms with Crippen LogP contribution in [0, 0.1) is 5.82 Å². The van der Waals surface area contributed by atoms with E-state index in [2.05, 4.69) is 0 Å². The lowest BCUT2D eigenvalue weighted by Crippen LogP contribution is -2.35. The molecule has 0 atom stereocenters. The first kappa shape index (κ1) is 14.7. The smallest absolute Gasteiger partial charge is 0.492 e. The lowest BCUT2D eigenvalue weighted by atomic mass is 9.79. The van der Waals surface area contributed by atoms with Gasteiger partial charge in [-0.1, -0.05) is 41.3 Å². The molecule has 0 fully saturated rings. The minimum absolute atomic E-state index is 0.111. The van der Waals surface area contributed by atoms with Crippen molar-refractivity contribution in [3.8, 4) is 5.75 Å². The number of para-hydroxylation sites is 1. The lowest BCUT2D eigenvalue weighted by Gasteiger charge is -2.19. The van der Waals surface area contributed by atoms with E-state index in [9.17, 15) is 17.3 Å². The van der Waals surface area contributed by atoms with Gasteiger partial charge in [0.05, 0.1) is 10.8 Å². The van der Waals surface area contributed by atoms with Crippen LogP contribution in [-0.4, -0.2) is 6.98 Å². The van der Waals surface area contributed by atoms with Gasteiger partial charge in [-0.25, -0.2) is 4.39 Å². The van der Waals surface area contributed by atoms with Gasteiger partial charge in [0.25, 0.3) is 0 Å². The average Bonchev–Trinajstić information content (AvgIpc) is 2.37. The van der Waals surface area contributed by atoms with E-state index < -0.39 is 18.3 Å². The number of hydrogen-bond donors (Lipinski definition) is 0. The number of rotatable bonds is 4. The Hall–Kier alpha value is -1.69. The topological polar surface area (TPSA) is 9.23 Å². The maximum atomic E-state index is 12.9. The van der Waals surface area contributed by atoms with Crippen LogP contribution in [0.1, 0.15) is 5.56 Å². The number of ether oxygens (including phenoxy) is 1. The fraction of sp³-hybridized carbons (Fsp3) is 0.0769. The zero-order valence-corrected chi connectivity index (χ0v) is 10.9. The number of halogens is 5. The van der Waals surface area contributed by atoms with Crippen LogP contribution < -0.4 is 10.2 Å². The molecule has 7 heteroatoms. The predicted molar refractivity (Wildman–Crippen MR) is 70.9 cm³/mol. The third-order valence-electron chi connectivity index (χ3n) is 2.67. The molecule has 106 valence electrons. The molecule has 0 N–H and O–H groups in total. The highest BCUT2D eigenvalue weighted by Crippen LogP contribution is 2.21. The number of benzene rings is 2. The maximum absolute atomic E-state index is 12.9. The second kappa shape index (κ2) is 5.75. The van der Waals surface area contributed by atoms with Gasteiger partial charge >= 0.3 is 6.98 Å². The van der Waals surface area contributed by atoms with E-state index in [0.29, 0.717) is 5.56 Å². The average molecular weight is 303 g/mol. The third kappa shape index (κ3) is 3.45. The van der Waals surface area contributed by atoms with Gasteiger partial charge in [-0.2, -0.15) is 0 Å². The normalized spacial score (nSPS) is 11.4. The first-order chi connectivity index (χ1) is 9.38. The van der Waals surface area contributed by atoms with Crippen molar-refractivity contribution in [2.75, 3.05) is 0 Å². The molecule has 2 aromatic carbocycles. The summed E-state index contributed by atoms with van der Waals surface area (Å²) >= 11 is 5.79. The molecule has 0 heterocycles.